The minimum absolute atomic E-state index is 0.259. The minimum atomic E-state index is 0.259. The summed E-state index contributed by atoms with van der Waals surface area (Å²) in [6.07, 6.45) is 2.73. The number of likely N-dealkylation sites (N-methyl/N-ethyl adjacent to an activating group) is 1. The Morgan fingerprint density at radius 1 is 1.16 bits per heavy atom. The molecule has 1 aliphatic rings. The maximum atomic E-state index is 12.8. The van der Waals surface area contributed by atoms with E-state index < -0.39 is 0 Å². The fourth-order valence-electron chi connectivity index (χ4n) is 4.97. The first kappa shape index (κ1) is 23.5. The highest BCUT2D eigenvalue weighted by Gasteiger charge is 2.31. The van der Waals surface area contributed by atoms with Crippen LogP contribution < -0.4 is 0 Å². The van der Waals surface area contributed by atoms with Crippen LogP contribution in [0.2, 0.25) is 0 Å². The number of benzene rings is 2. The lowest BCUT2D eigenvalue weighted by Crippen LogP contribution is -2.48. The van der Waals surface area contributed by atoms with Gasteiger partial charge in [-0.1, -0.05) is 48.6 Å². The molecule has 31 heavy (non-hydrogen) atoms. The van der Waals surface area contributed by atoms with Gasteiger partial charge in [-0.2, -0.15) is 0 Å². The molecule has 0 aliphatic carbocycles. The second-order valence-corrected chi connectivity index (χ2v) is 9.40. The molecule has 2 aromatic carbocycles. The number of carbonyl (C=O) groups excluding carboxylic acids is 1. The van der Waals surface area contributed by atoms with Gasteiger partial charge in [0, 0.05) is 38.6 Å². The molecule has 1 fully saturated rings. The van der Waals surface area contributed by atoms with Crippen molar-refractivity contribution in [2.75, 3.05) is 40.3 Å². The molecular formula is C27H39N3O. The molecule has 3 rings (SSSR count). The molecule has 0 spiro atoms. The topological polar surface area (TPSA) is 26.8 Å². The van der Waals surface area contributed by atoms with Gasteiger partial charge in [0.05, 0.1) is 0 Å². The maximum Gasteiger partial charge on any atom is 0.222 e. The van der Waals surface area contributed by atoms with E-state index in [0.29, 0.717) is 24.9 Å². The molecule has 0 bridgehead atoms. The summed E-state index contributed by atoms with van der Waals surface area (Å²) in [5.41, 5.74) is 2.41. The van der Waals surface area contributed by atoms with E-state index in [0.717, 1.165) is 44.6 Å². The Bertz CT molecular complexity index is 891. The number of hydrogen-bond acceptors (Lipinski definition) is 3. The van der Waals surface area contributed by atoms with Gasteiger partial charge in [-0.15, -0.1) is 0 Å². The fraction of sp³-hybridized carbons (Fsp3) is 0.519. The monoisotopic (exact) mass is 421 g/mol. The number of likely N-dealkylation sites (tertiary alicyclic amines) is 1. The predicted octanol–water partition coefficient (Wildman–Crippen LogP) is 4.80. The molecule has 0 N–H and O–H groups in total. The Labute approximate surface area is 188 Å². The lowest BCUT2D eigenvalue weighted by molar-refractivity contribution is -0.131. The Morgan fingerprint density at radius 3 is 2.58 bits per heavy atom. The Hall–Kier alpha value is -2.17. The van der Waals surface area contributed by atoms with Crippen LogP contribution in [0.1, 0.15) is 38.7 Å². The molecule has 168 valence electrons. The van der Waals surface area contributed by atoms with Crippen LogP contribution in [0.4, 0.5) is 0 Å². The number of hydrogen-bond donors (Lipinski definition) is 0. The van der Waals surface area contributed by atoms with Crippen molar-refractivity contribution in [2.24, 2.45) is 5.92 Å². The zero-order chi connectivity index (χ0) is 22.4. The van der Waals surface area contributed by atoms with E-state index in [2.05, 4.69) is 79.9 Å². The third-order valence-corrected chi connectivity index (χ3v) is 6.59. The van der Waals surface area contributed by atoms with Gasteiger partial charge in [-0.25, -0.2) is 0 Å². The van der Waals surface area contributed by atoms with Crippen molar-refractivity contribution in [3.8, 4) is 0 Å². The van der Waals surface area contributed by atoms with Gasteiger partial charge in [-0.3, -0.25) is 9.69 Å². The zero-order valence-electron chi connectivity index (χ0n) is 19.8. The summed E-state index contributed by atoms with van der Waals surface area (Å²) in [4.78, 5) is 19.6. The van der Waals surface area contributed by atoms with Crippen molar-refractivity contribution in [3.05, 3.63) is 60.2 Å². The molecule has 2 aromatic rings. The van der Waals surface area contributed by atoms with Crippen molar-refractivity contribution < 1.29 is 4.79 Å². The second-order valence-electron chi connectivity index (χ2n) is 9.40. The fourth-order valence-corrected chi connectivity index (χ4v) is 4.97. The van der Waals surface area contributed by atoms with E-state index in [9.17, 15) is 4.79 Å². The molecule has 4 heteroatoms. The zero-order valence-corrected chi connectivity index (χ0v) is 19.8. The van der Waals surface area contributed by atoms with Crippen molar-refractivity contribution in [2.45, 2.75) is 45.7 Å². The van der Waals surface area contributed by atoms with Gasteiger partial charge < -0.3 is 9.80 Å². The smallest absolute Gasteiger partial charge is 0.222 e. The third kappa shape index (κ3) is 6.41. The summed E-state index contributed by atoms with van der Waals surface area (Å²) in [6.45, 7) is 12.6. The lowest BCUT2D eigenvalue weighted by atomic mass is 9.87. The van der Waals surface area contributed by atoms with E-state index >= 15 is 0 Å². The Kier molecular flexibility index (Phi) is 8.28. The van der Waals surface area contributed by atoms with Gasteiger partial charge in [0.15, 0.2) is 0 Å². The summed E-state index contributed by atoms with van der Waals surface area (Å²) < 4.78 is 0. The van der Waals surface area contributed by atoms with Crippen molar-refractivity contribution in [1.29, 1.82) is 0 Å². The Morgan fingerprint density at radius 2 is 1.90 bits per heavy atom. The van der Waals surface area contributed by atoms with Gasteiger partial charge in [0.25, 0.3) is 0 Å². The molecular weight excluding hydrogens is 382 g/mol. The van der Waals surface area contributed by atoms with Crippen LogP contribution in [0.25, 0.3) is 10.8 Å². The van der Waals surface area contributed by atoms with Crippen LogP contribution in [-0.2, 0) is 11.3 Å². The first-order valence-electron chi connectivity index (χ1n) is 11.7. The van der Waals surface area contributed by atoms with Crippen LogP contribution in [0, 0.1) is 5.92 Å². The molecule has 1 heterocycles. The summed E-state index contributed by atoms with van der Waals surface area (Å²) >= 11 is 0. The van der Waals surface area contributed by atoms with Gasteiger partial charge >= 0.3 is 0 Å². The molecule has 0 unspecified atom stereocenters. The van der Waals surface area contributed by atoms with Gasteiger partial charge in [0.2, 0.25) is 5.91 Å². The molecule has 1 aliphatic heterocycles. The van der Waals surface area contributed by atoms with Crippen LogP contribution in [0.5, 0.6) is 0 Å². The molecule has 0 saturated carbocycles. The first-order chi connectivity index (χ1) is 14.9. The van der Waals surface area contributed by atoms with Crippen LogP contribution in [0.3, 0.4) is 0 Å². The molecule has 2 atom stereocenters. The van der Waals surface area contributed by atoms with Gasteiger partial charge in [0.1, 0.15) is 0 Å². The number of fused-ring (bicyclic) bond motifs is 1. The SMILES string of the molecule is C=C(C)CN(CC)C(=O)CC[C@H]1CN(Cc2ccc3ccccc3c2)CC[C@H]1N(C)C. The Balaban J connectivity index is 1.63. The van der Waals surface area contributed by atoms with Crippen molar-refractivity contribution in [1.82, 2.24) is 14.7 Å². The van der Waals surface area contributed by atoms with E-state index in [-0.39, 0.29) is 5.91 Å². The quantitative estimate of drug-likeness (QED) is 0.544. The molecule has 0 radical (unpaired) electrons. The largest absolute Gasteiger partial charge is 0.339 e. The maximum absolute atomic E-state index is 12.8. The van der Waals surface area contributed by atoms with Crippen LogP contribution >= 0.6 is 0 Å². The normalized spacial score (nSPS) is 19.6. The second kappa shape index (κ2) is 10.9. The van der Waals surface area contributed by atoms with Crippen molar-refractivity contribution in [3.63, 3.8) is 0 Å². The highest BCUT2D eigenvalue weighted by atomic mass is 16.2. The summed E-state index contributed by atoms with van der Waals surface area (Å²) in [7, 11) is 4.36. The number of rotatable bonds is 9. The summed E-state index contributed by atoms with van der Waals surface area (Å²) in [5.74, 6) is 0.770. The average Bonchev–Trinajstić information content (AvgIpc) is 2.75. The average molecular weight is 422 g/mol. The van der Waals surface area contributed by atoms with Crippen molar-refractivity contribution >= 4 is 16.7 Å². The van der Waals surface area contributed by atoms with Gasteiger partial charge in [-0.05, 0) is 75.6 Å². The van der Waals surface area contributed by atoms with Crippen LogP contribution in [-0.4, -0.2) is 66.9 Å². The highest BCUT2D eigenvalue weighted by Crippen LogP contribution is 2.27. The minimum Gasteiger partial charge on any atom is -0.339 e. The standard InChI is InChI=1S/C27H39N3O/c1-6-30(18-21(2)3)27(31)14-13-25-20-29(16-15-26(25)28(4)5)19-22-11-12-23-9-7-8-10-24(23)17-22/h7-12,17,25-26H,2,6,13-16,18-20H2,1,3-5H3/t25-,26+/m0/s1. The number of piperidine rings is 1. The summed E-state index contributed by atoms with van der Waals surface area (Å²) in [5, 5.41) is 2.60. The summed E-state index contributed by atoms with van der Waals surface area (Å²) in [6, 6.07) is 15.9. The number of amides is 1. The first-order valence-corrected chi connectivity index (χ1v) is 11.7. The van der Waals surface area contributed by atoms with E-state index in [1.54, 1.807) is 0 Å². The molecule has 1 saturated heterocycles. The van der Waals surface area contributed by atoms with E-state index in [4.69, 9.17) is 0 Å². The highest BCUT2D eigenvalue weighted by molar-refractivity contribution is 5.83. The van der Waals surface area contributed by atoms with E-state index in [1.165, 1.54) is 16.3 Å². The lowest BCUT2D eigenvalue weighted by Gasteiger charge is -2.42. The van der Waals surface area contributed by atoms with E-state index in [1.807, 2.05) is 11.8 Å². The number of nitrogens with zero attached hydrogens (tertiary/aromatic N) is 3. The predicted molar refractivity (Wildman–Crippen MR) is 131 cm³/mol. The third-order valence-electron chi connectivity index (χ3n) is 6.59. The molecule has 4 nitrogen and oxygen atoms in total. The molecule has 0 aromatic heterocycles. The molecule has 1 amide bonds. The van der Waals surface area contributed by atoms with Crippen LogP contribution in [0.15, 0.2) is 54.6 Å². The number of carbonyl (C=O) groups is 1.